The van der Waals surface area contributed by atoms with Gasteiger partial charge in [0.1, 0.15) is 5.75 Å². The predicted octanol–water partition coefficient (Wildman–Crippen LogP) is 4.76. The molecular weight excluding hydrogens is 394 g/mol. The first-order valence-electron chi connectivity index (χ1n) is 6.98. The highest BCUT2D eigenvalue weighted by Gasteiger charge is 2.24. The first-order valence-corrected chi connectivity index (χ1v) is 8.57. The van der Waals surface area contributed by atoms with Crippen molar-refractivity contribution in [3.63, 3.8) is 0 Å². The molecule has 1 heterocycles. The van der Waals surface area contributed by atoms with Gasteiger partial charge in [0.2, 0.25) is 0 Å². The van der Waals surface area contributed by atoms with Crippen molar-refractivity contribution in [1.29, 1.82) is 0 Å². The van der Waals surface area contributed by atoms with E-state index in [1.54, 1.807) is 0 Å². The topological polar surface area (TPSA) is 21.3 Å². The lowest BCUT2D eigenvalue weighted by atomic mass is 9.95. The van der Waals surface area contributed by atoms with E-state index >= 15 is 0 Å². The summed E-state index contributed by atoms with van der Waals surface area (Å²) in [6, 6.07) is 10.9. The molecule has 0 saturated heterocycles. The summed E-state index contributed by atoms with van der Waals surface area (Å²) in [5.74, 6) is 1.03. The van der Waals surface area contributed by atoms with Gasteiger partial charge in [0.25, 0.3) is 0 Å². The predicted molar refractivity (Wildman–Crippen MR) is 93.1 cm³/mol. The van der Waals surface area contributed by atoms with E-state index in [4.69, 9.17) is 4.74 Å². The van der Waals surface area contributed by atoms with Gasteiger partial charge in [-0.1, -0.05) is 44.0 Å². The van der Waals surface area contributed by atoms with Crippen molar-refractivity contribution in [1.82, 2.24) is 5.32 Å². The Morgan fingerprint density at radius 3 is 2.67 bits per heavy atom. The van der Waals surface area contributed by atoms with Gasteiger partial charge in [-0.05, 0) is 48.9 Å². The van der Waals surface area contributed by atoms with E-state index in [1.807, 2.05) is 7.05 Å². The minimum Gasteiger partial charge on any atom is -0.493 e. The van der Waals surface area contributed by atoms with Crippen LogP contribution in [0.1, 0.15) is 28.3 Å². The molecule has 2 nitrogen and oxygen atoms in total. The van der Waals surface area contributed by atoms with E-state index < -0.39 is 0 Å². The molecule has 0 fully saturated rings. The first-order chi connectivity index (χ1) is 10.1. The summed E-state index contributed by atoms with van der Waals surface area (Å²) in [5.41, 5.74) is 4.93. The van der Waals surface area contributed by atoms with Crippen molar-refractivity contribution < 1.29 is 4.74 Å². The third kappa shape index (κ3) is 2.89. The van der Waals surface area contributed by atoms with E-state index in [1.165, 1.54) is 22.3 Å². The third-order valence-electron chi connectivity index (χ3n) is 3.84. The number of aryl methyl sites for hydroxylation is 1. The minimum absolute atomic E-state index is 0.101. The van der Waals surface area contributed by atoms with Crippen LogP contribution in [0.25, 0.3) is 0 Å². The fraction of sp³-hybridized carbons (Fsp3) is 0.294. The second-order valence-electron chi connectivity index (χ2n) is 5.33. The number of benzene rings is 2. The quantitative estimate of drug-likeness (QED) is 0.787. The Morgan fingerprint density at radius 1 is 1.14 bits per heavy atom. The molecule has 0 spiro atoms. The van der Waals surface area contributed by atoms with Crippen LogP contribution in [0, 0.1) is 6.92 Å². The second kappa shape index (κ2) is 6.11. The van der Waals surface area contributed by atoms with Crippen LogP contribution in [-0.2, 0) is 6.42 Å². The molecule has 2 aromatic rings. The Kier molecular flexibility index (Phi) is 4.38. The Labute approximate surface area is 142 Å². The van der Waals surface area contributed by atoms with Crippen LogP contribution < -0.4 is 10.1 Å². The number of fused-ring (bicyclic) bond motifs is 1. The van der Waals surface area contributed by atoms with Crippen LogP contribution in [0.2, 0.25) is 0 Å². The fourth-order valence-electron chi connectivity index (χ4n) is 2.86. The molecule has 3 rings (SSSR count). The van der Waals surface area contributed by atoms with Gasteiger partial charge >= 0.3 is 0 Å². The minimum atomic E-state index is 0.101. The highest BCUT2D eigenvalue weighted by atomic mass is 79.9. The molecule has 1 atom stereocenters. The monoisotopic (exact) mass is 409 g/mol. The molecule has 2 aromatic carbocycles. The van der Waals surface area contributed by atoms with E-state index in [0.717, 1.165) is 27.7 Å². The molecule has 21 heavy (non-hydrogen) atoms. The summed E-state index contributed by atoms with van der Waals surface area (Å²) in [6.45, 7) is 2.87. The molecule has 0 aliphatic carbocycles. The average molecular weight is 411 g/mol. The van der Waals surface area contributed by atoms with Crippen LogP contribution in [0.3, 0.4) is 0 Å². The summed E-state index contributed by atoms with van der Waals surface area (Å²) < 4.78 is 8.10. The summed E-state index contributed by atoms with van der Waals surface area (Å²) in [6.07, 6.45) is 0.979. The van der Waals surface area contributed by atoms with Crippen molar-refractivity contribution in [2.45, 2.75) is 19.4 Å². The maximum Gasteiger partial charge on any atom is 0.127 e. The van der Waals surface area contributed by atoms with Crippen LogP contribution in [0.15, 0.2) is 39.3 Å². The molecule has 1 aliphatic heterocycles. The average Bonchev–Trinajstić information content (AvgIpc) is 2.89. The molecule has 1 unspecified atom stereocenters. The first kappa shape index (κ1) is 15.1. The van der Waals surface area contributed by atoms with Gasteiger partial charge < -0.3 is 10.1 Å². The molecular formula is C17H17Br2NO. The second-order valence-corrected chi connectivity index (χ2v) is 7.10. The van der Waals surface area contributed by atoms with E-state index in [2.05, 4.69) is 74.4 Å². The van der Waals surface area contributed by atoms with E-state index in [9.17, 15) is 0 Å². The number of nitrogens with one attached hydrogen (secondary N) is 1. The van der Waals surface area contributed by atoms with Gasteiger partial charge in [-0.25, -0.2) is 0 Å². The Bertz CT molecular complexity index is 685. The van der Waals surface area contributed by atoms with Gasteiger partial charge in [-0.15, -0.1) is 0 Å². The molecule has 4 heteroatoms. The van der Waals surface area contributed by atoms with Crippen molar-refractivity contribution in [2.24, 2.45) is 0 Å². The molecule has 0 radical (unpaired) electrons. The molecule has 110 valence electrons. The summed E-state index contributed by atoms with van der Waals surface area (Å²) in [7, 11) is 1.99. The number of hydrogen-bond acceptors (Lipinski definition) is 2. The zero-order valence-electron chi connectivity index (χ0n) is 12.0. The Hall–Kier alpha value is -0.840. The number of ether oxygens (including phenoxy) is 1. The molecule has 0 saturated carbocycles. The standard InChI is InChI=1S/C17H17Br2NO/c1-10-3-4-13(15(19)7-10)16(20-2)14-9-12(18)8-11-5-6-21-17(11)14/h3-4,7-9,16,20H,5-6H2,1-2H3. The van der Waals surface area contributed by atoms with Crippen LogP contribution in [0.5, 0.6) is 5.75 Å². The summed E-state index contributed by atoms with van der Waals surface area (Å²) in [4.78, 5) is 0. The number of hydrogen-bond donors (Lipinski definition) is 1. The maximum absolute atomic E-state index is 5.88. The Balaban J connectivity index is 2.13. The van der Waals surface area contributed by atoms with Crippen LogP contribution >= 0.6 is 31.9 Å². The third-order valence-corrected chi connectivity index (χ3v) is 4.99. The van der Waals surface area contributed by atoms with Crippen LogP contribution in [-0.4, -0.2) is 13.7 Å². The van der Waals surface area contributed by atoms with Crippen molar-refractivity contribution in [3.05, 3.63) is 61.5 Å². The summed E-state index contributed by atoms with van der Waals surface area (Å²) in [5, 5.41) is 3.42. The fourth-order valence-corrected chi connectivity index (χ4v) is 4.10. The lowest BCUT2D eigenvalue weighted by Crippen LogP contribution is -2.19. The molecule has 0 aromatic heterocycles. The highest BCUT2D eigenvalue weighted by Crippen LogP contribution is 2.40. The van der Waals surface area contributed by atoms with E-state index in [-0.39, 0.29) is 6.04 Å². The SMILES string of the molecule is CNC(c1ccc(C)cc1Br)c1cc(Br)cc2c1OCC2. The van der Waals surface area contributed by atoms with Gasteiger partial charge in [0.05, 0.1) is 12.6 Å². The molecule has 1 N–H and O–H groups in total. The molecule has 0 bridgehead atoms. The lowest BCUT2D eigenvalue weighted by molar-refractivity contribution is 0.351. The van der Waals surface area contributed by atoms with Gasteiger partial charge in [-0.2, -0.15) is 0 Å². The summed E-state index contributed by atoms with van der Waals surface area (Å²) >= 11 is 7.31. The smallest absolute Gasteiger partial charge is 0.127 e. The maximum atomic E-state index is 5.88. The normalized spacial score (nSPS) is 14.7. The van der Waals surface area contributed by atoms with Crippen LogP contribution in [0.4, 0.5) is 0 Å². The zero-order valence-corrected chi connectivity index (χ0v) is 15.2. The van der Waals surface area contributed by atoms with Gasteiger partial charge in [0, 0.05) is 20.9 Å². The zero-order chi connectivity index (χ0) is 15.0. The van der Waals surface area contributed by atoms with E-state index in [0.29, 0.717) is 0 Å². The van der Waals surface area contributed by atoms with Gasteiger partial charge in [-0.3, -0.25) is 0 Å². The lowest BCUT2D eigenvalue weighted by Gasteiger charge is -2.21. The highest BCUT2D eigenvalue weighted by molar-refractivity contribution is 9.10. The number of halogens is 2. The number of rotatable bonds is 3. The Morgan fingerprint density at radius 2 is 1.95 bits per heavy atom. The van der Waals surface area contributed by atoms with Gasteiger partial charge in [0.15, 0.2) is 0 Å². The van der Waals surface area contributed by atoms with Crippen molar-refractivity contribution in [3.8, 4) is 5.75 Å². The van der Waals surface area contributed by atoms with Crippen molar-refractivity contribution in [2.75, 3.05) is 13.7 Å². The van der Waals surface area contributed by atoms with Crippen molar-refractivity contribution >= 4 is 31.9 Å². The molecule has 0 amide bonds. The largest absolute Gasteiger partial charge is 0.493 e. The molecule has 1 aliphatic rings.